The number of likely N-dealkylation sites (tertiary alicyclic amines) is 2. The lowest BCUT2D eigenvalue weighted by atomic mass is 9.93. The Hall–Kier alpha value is -2.38. The Labute approximate surface area is 146 Å². The Kier molecular flexibility index (Phi) is 5.06. The lowest BCUT2D eigenvalue weighted by molar-refractivity contribution is -0.152. The van der Waals surface area contributed by atoms with Gasteiger partial charge in [-0.1, -0.05) is 5.16 Å². The molecule has 2 fully saturated rings. The second-order valence-electron chi connectivity index (χ2n) is 6.61. The van der Waals surface area contributed by atoms with E-state index in [1.54, 1.807) is 29.7 Å². The fraction of sp³-hybridized carbons (Fsp3) is 0.647. The fourth-order valence-electron chi connectivity index (χ4n) is 3.32. The highest BCUT2D eigenvalue weighted by atomic mass is 16.5. The minimum Gasteiger partial charge on any atom is -0.466 e. The van der Waals surface area contributed by atoms with Crippen LogP contribution >= 0.6 is 0 Å². The van der Waals surface area contributed by atoms with Gasteiger partial charge in [-0.05, 0) is 26.7 Å². The molecule has 8 nitrogen and oxygen atoms in total. The Morgan fingerprint density at radius 2 is 1.96 bits per heavy atom. The third-order valence-electron chi connectivity index (χ3n) is 4.72. The Morgan fingerprint density at radius 3 is 2.60 bits per heavy atom. The summed E-state index contributed by atoms with van der Waals surface area (Å²) in [5.74, 6) is -0.313. The predicted octanol–water partition coefficient (Wildman–Crippen LogP) is 0.857. The van der Waals surface area contributed by atoms with E-state index in [0.717, 1.165) is 12.8 Å². The van der Waals surface area contributed by atoms with Crippen molar-refractivity contribution >= 4 is 17.8 Å². The first-order valence-corrected chi connectivity index (χ1v) is 8.67. The van der Waals surface area contributed by atoms with E-state index >= 15 is 0 Å². The van der Waals surface area contributed by atoms with Gasteiger partial charge in [0.2, 0.25) is 5.91 Å². The van der Waals surface area contributed by atoms with Crippen LogP contribution in [-0.2, 0) is 14.3 Å². The molecule has 8 heteroatoms. The summed E-state index contributed by atoms with van der Waals surface area (Å²) in [5, 5.41) is 3.71. The number of piperidine rings is 1. The van der Waals surface area contributed by atoms with E-state index < -0.39 is 0 Å². The monoisotopic (exact) mass is 349 g/mol. The minimum atomic E-state index is -0.242. The number of carbonyl (C=O) groups excluding carboxylic acids is 3. The lowest BCUT2D eigenvalue weighted by Gasteiger charge is -2.41. The molecule has 1 aromatic rings. The third-order valence-corrected chi connectivity index (χ3v) is 4.72. The third kappa shape index (κ3) is 3.67. The molecule has 2 aliphatic rings. The second-order valence-corrected chi connectivity index (χ2v) is 6.61. The molecule has 2 amide bonds. The summed E-state index contributed by atoms with van der Waals surface area (Å²) in [7, 11) is 0. The standard InChI is InChI=1S/C17H23N3O5/c1-3-24-17(23)12-5-4-6-19(8-12)15(21)13-9-20(10-13)16(22)14-7-11(2)25-18-14/h7,12-13H,3-6,8-10H2,1-2H3. The maximum atomic E-state index is 12.6. The average Bonchev–Trinajstić information content (AvgIpc) is 3.00. The summed E-state index contributed by atoms with van der Waals surface area (Å²) < 4.78 is 9.98. The SMILES string of the molecule is CCOC(=O)C1CCCN(C(=O)C2CN(C(=O)c3cc(C)on3)C2)C1. The van der Waals surface area contributed by atoms with Crippen LogP contribution in [0.25, 0.3) is 0 Å². The quantitative estimate of drug-likeness (QED) is 0.749. The molecule has 0 aromatic carbocycles. The van der Waals surface area contributed by atoms with Crippen molar-refractivity contribution in [1.82, 2.24) is 15.0 Å². The van der Waals surface area contributed by atoms with Crippen LogP contribution in [0.15, 0.2) is 10.6 Å². The molecule has 0 radical (unpaired) electrons. The number of carbonyl (C=O) groups is 3. The number of aryl methyl sites for hydroxylation is 1. The van der Waals surface area contributed by atoms with Gasteiger partial charge in [-0.3, -0.25) is 14.4 Å². The highest BCUT2D eigenvalue weighted by Gasteiger charge is 2.40. The van der Waals surface area contributed by atoms with Crippen molar-refractivity contribution in [2.45, 2.75) is 26.7 Å². The van der Waals surface area contributed by atoms with Crippen molar-refractivity contribution in [3.63, 3.8) is 0 Å². The minimum absolute atomic E-state index is 0.00869. The summed E-state index contributed by atoms with van der Waals surface area (Å²) in [6.07, 6.45) is 1.55. The van der Waals surface area contributed by atoms with Gasteiger partial charge in [0.1, 0.15) is 5.76 Å². The molecule has 2 saturated heterocycles. The van der Waals surface area contributed by atoms with Gasteiger partial charge < -0.3 is 19.1 Å². The van der Waals surface area contributed by atoms with Crippen LogP contribution in [0.4, 0.5) is 0 Å². The zero-order chi connectivity index (χ0) is 18.0. The molecular formula is C17H23N3O5. The van der Waals surface area contributed by atoms with Crippen molar-refractivity contribution in [2.75, 3.05) is 32.8 Å². The molecule has 136 valence electrons. The summed E-state index contributed by atoms with van der Waals surface area (Å²) in [6, 6.07) is 1.59. The number of hydrogen-bond donors (Lipinski definition) is 0. The maximum Gasteiger partial charge on any atom is 0.310 e. The van der Waals surface area contributed by atoms with Gasteiger partial charge in [0.05, 0.1) is 18.4 Å². The van der Waals surface area contributed by atoms with Crippen molar-refractivity contribution in [1.29, 1.82) is 0 Å². The Balaban J connectivity index is 1.51. The van der Waals surface area contributed by atoms with E-state index in [1.165, 1.54) is 0 Å². The second kappa shape index (κ2) is 7.25. The van der Waals surface area contributed by atoms with Gasteiger partial charge >= 0.3 is 5.97 Å². The first kappa shape index (κ1) is 17.4. The number of esters is 1. The Morgan fingerprint density at radius 1 is 1.24 bits per heavy atom. The zero-order valence-electron chi connectivity index (χ0n) is 14.6. The number of aromatic nitrogens is 1. The molecule has 1 aromatic heterocycles. The van der Waals surface area contributed by atoms with Crippen molar-refractivity contribution in [2.24, 2.45) is 11.8 Å². The molecule has 25 heavy (non-hydrogen) atoms. The van der Waals surface area contributed by atoms with E-state index in [1.807, 2.05) is 0 Å². The van der Waals surface area contributed by atoms with Crippen LogP contribution in [-0.4, -0.2) is 65.5 Å². The van der Waals surface area contributed by atoms with Gasteiger partial charge in [-0.25, -0.2) is 0 Å². The van der Waals surface area contributed by atoms with Gasteiger partial charge in [0.25, 0.3) is 5.91 Å². The van der Waals surface area contributed by atoms with Gasteiger partial charge in [0.15, 0.2) is 5.69 Å². The predicted molar refractivity (Wildman–Crippen MR) is 86.6 cm³/mol. The van der Waals surface area contributed by atoms with E-state index in [2.05, 4.69) is 5.16 Å². The lowest BCUT2D eigenvalue weighted by Crippen LogP contribution is -2.57. The van der Waals surface area contributed by atoms with E-state index in [9.17, 15) is 14.4 Å². The first-order valence-electron chi connectivity index (χ1n) is 8.67. The number of rotatable bonds is 4. The van der Waals surface area contributed by atoms with Crippen molar-refractivity contribution < 1.29 is 23.6 Å². The number of hydrogen-bond acceptors (Lipinski definition) is 6. The van der Waals surface area contributed by atoms with E-state index in [4.69, 9.17) is 9.26 Å². The first-order chi connectivity index (χ1) is 12.0. The molecule has 0 saturated carbocycles. The molecule has 1 unspecified atom stereocenters. The normalized spacial score (nSPS) is 21.0. The Bertz CT molecular complexity index is 665. The molecule has 0 bridgehead atoms. The molecule has 0 spiro atoms. The highest BCUT2D eigenvalue weighted by Crippen LogP contribution is 2.24. The van der Waals surface area contributed by atoms with Crippen LogP contribution in [0, 0.1) is 18.8 Å². The summed E-state index contributed by atoms with van der Waals surface area (Å²) in [4.78, 5) is 40.0. The van der Waals surface area contributed by atoms with E-state index in [-0.39, 0.29) is 35.3 Å². The van der Waals surface area contributed by atoms with Crippen LogP contribution < -0.4 is 0 Å². The molecule has 1 atom stereocenters. The topological polar surface area (TPSA) is 93.0 Å². The van der Waals surface area contributed by atoms with Crippen LogP contribution in [0.1, 0.15) is 36.0 Å². The summed E-state index contributed by atoms with van der Waals surface area (Å²) in [5.41, 5.74) is 0.267. The molecular weight excluding hydrogens is 326 g/mol. The number of amides is 2. The maximum absolute atomic E-state index is 12.6. The van der Waals surface area contributed by atoms with Gasteiger partial charge in [-0.15, -0.1) is 0 Å². The van der Waals surface area contributed by atoms with E-state index in [0.29, 0.717) is 38.5 Å². The fourth-order valence-corrected chi connectivity index (χ4v) is 3.32. The molecule has 2 aliphatic heterocycles. The largest absolute Gasteiger partial charge is 0.466 e. The molecule has 0 N–H and O–H groups in total. The number of nitrogens with zero attached hydrogens (tertiary/aromatic N) is 3. The molecule has 3 heterocycles. The highest BCUT2D eigenvalue weighted by molar-refractivity contribution is 5.94. The smallest absolute Gasteiger partial charge is 0.310 e. The summed E-state index contributed by atoms with van der Waals surface area (Å²) >= 11 is 0. The van der Waals surface area contributed by atoms with Crippen LogP contribution in [0.2, 0.25) is 0 Å². The summed E-state index contributed by atoms with van der Waals surface area (Å²) in [6.45, 7) is 5.67. The number of ether oxygens (including phenoxy) is 1. The molecule has 0 aliphatic carbocycles. The zero-order valence-corrected chi connectivity index (χ0v) is 14.6. The molecule has 3 rings (SSSR count). The van der Waals surface area contributed by atoms with Crippen molar-refractivity contribution in [3.05, 3.63) is 17.5 Å². The van der Waals surface area contributed by atoms with Crippen LogP contribution in [0.3, 0.4) is 0 Å². The van der Waals surface area contributed by atoms with Crippen molar-refractivity contribution in [3.8, 4) is 0 Å². The van der Waals surface area contributed by atoms with Gasteiger partial charge in [-0.2, -0.15) is 0 Å². The van der Waals surface area contributed by atoms with Gasteiger partial charge in [0, 0.05) is 32.2 Å². The van der Waals surface area contributed by atoms with Crippen LogP contribution in [0.5, 0.6) is 0 Å². The average molecular weight is 349 g/mol.